The molecule has 1 aromatic heterocycles. The van der Waals surface area contributed by atoms with Crippen LogP contribution in [0.4, 0.5) is 5.69 Å². The summed E-state index contributed by atoms with van der Waals surface area (Å²) in [5.41, 5.74) is 0.923. The Morgan fingerprint density at radius 2 is 2.13 bits per heavy atom. The molecule has 2 fully saturated rings. The maximum Gasteiger partial charge on any atom is 0.244 e. The van der Waals surface area contributed by atoms with E-state index in [0.29, 0.717) is 11.3 Å². The number of hydrogen-bond donors (Lipinski definition) is 1. The van der Waals surface area contributed by atoms with Crippen LogP contribution in [0, 0.1) is 0 Å². The summed E-state index contributed by atoms with van der Waals surface area (Å²) in [5, 5.41) is 8.57. The third-order valence-electron chi connectivity index (χ3n) is 4.94. The summed E-state index contributed by atoms with van der Waals surface area (Å²) >= 11 is 2.05. The highest BCUT2D eigenvalue weighted by Gasteiger charge is 2.34. The van der Waals surface area contributed by atoms with Gasteiger partial charge in [0, 0.05) is 31.1 Å². The topological polar surface area (TPSA) is 50.2 Å². The van der Waals surface area contributed by atoms with Crippen molar-refractivity contribution in [1.82, 2.24) is 15.1 Å². The Morgan fingerprint density at radius 1 is 1.30 bits per heavy atom. The number of hydrogen-bond acceptors (Lipinski definition) is 4. The molecule has 0 bridgehead atoms. The van der Waals surface area contributed by atoms with Gasteiger partial charge in [0.2, 0.25) is 5.91 Å². The minimum absolute atomic E-state index is 0.0352. The van der Waals surface area contributed by atoms with E-state index in [0.717, 1.165) is 30.8 Å². The summed E-state index contributed by atoms with van der Waals surface area (Å²) in [6, 6.07) is 0.448. The number of amides is 1. The Balaban J connectivity index is 1.66. The second kappa shape index (κ2) is 7.71. The largest absolute Gasteiger partial charge is 0.308 e. The zero-order valence-electron chi connectivity index (χ0n) is 14.2. The Labute approximate surface area is 143 Å². The quantitative estimate of drug-likeness (QED) is 0.898. The molecule has 2 heterocycles. The van der Waals surface area contributed by atoms with Crippen LogP contribution in [0.3, 0.4) is 0 Å². The van der Waals surface area contributed by atoms with Gasteiger partial charge in [-0.05, 0) is 31.4 Å². The van der Waals surface area contributed by atoms with Gasteiger partial charge in [0.05, 0.1) is 17.9 Å². The minimum Gasteiger partial charge on any atom is -0.308 e. The first-order valence-electron chi connectivity index (χ1n) is 8.86. The minimum atomic E-state index is -0.0352. The summed E-state index contributed by atoms with van der Waals surface area (Å²) in [6.45, 7) is 3.03. The number of aromatic nitrogens is 2. The number of nitrogens with one attached hydrogen (secondary N) is 1. The predicted molar refractivity (Wildman–Crippen MR) is 95.9 cm³/mol. The summed E-state index contributed by atoms with van der Waals surface area (Å²) in [4.78, 5) is 14.8. The number of aryl methyl sites for hydroxylation is 1. The van der Waals surface area contributed by atoms with E-state index in [2.05, 4.69) is 17.3 Å². The van der Waals surface area contributed by atoms with E-state index in [9.17, 15) is 4.79 Å². The molecular formula is C17H28N4OS. The molecule has 128 valence electrons. The van der Waals surface area contributed by atoms with Gasteiger partial charge in [-0.25, -0.2) is 0 Å². The maximum atomic E-state index is 12.9. The number of rotatable bonds is 5. The van der Waals surface area contributed by atoms with Gasteiger partial charge >= 0.3 is 0 Å². The molecule has 1 aliphatic heterocycles. The van der Waals surface area contributed by atoms with Crippen LogP contribution in [0.1, 0.15) is 45.4 Å². The van der Waals surface area contributed by atoms with Gasteiger partial charge < -0.3 is 10.2 Å². The van der Waals surface area contributed by atoms with Crippen LogP contribution in [-0.2, 0) is 11.8 Å². The molecule has 0 radical (unpaired) electrons. The second-order valence-electron chi connectivity index (χ2n) is 6.61. The van der Waals surface area contributed by atoms with Crippen molar-refractivity contribution >= 4 is 23.4 Å². The van der Waals surface area contributed by atoms with Crippen molar-refractivity contribution < 1.29 is 4.79 Å². The molecule has 0 aromatic carbocycles. The lowest BCUT2D eigenvalue weighted by Crippen LogP contribution is -2.56. The highest BCUT2D eigenvalue weighted by molar-refractivity contribution is 7.99. The van der Waals surface area contributed by atoms with Crippen LogP contribution >= 0.6 is 11.8 Å². The lowest BCUT2D eigenvalue weighted by atomic mass is 9.93. The van der Waals surface area contributed by atoms with Gasteiger partial charge in [-0.1, -0.05) is 19.8 Å². The molecule has 1 amide bonds. The fourth-order valence-corrected chi connectivity index (χ4v) is 5.00. The Morgan fingerprint density at radius 3 is 2.87 bits per heavy atom. The van der Waals surface area contributed by atoms with Crippen molar-refractivity contribution in [3.8, 4) is 0 Å². The molecule has 1 aliphatic carbocycles. The van der Waals surface area contributed by atoms with Crippen molar-refractivity contribution in [3.63, 3.8) is 0 Å². The van der Waals surface area contributed by atoms with Crippen molar-refractivity contribution in [1.29, 1.82) is 0 Å². The number of anilines is 1. The SMILES string of the molecule is CCS[C@@H]1CCCC[C@H]1N[C@H]1CCCN(c2cnn(C)c2)C1=O. The molecule has 23 heavy (non-hydrogen) atoms. The van der Waals surface area contributed by atoms with Gasteiger partial charge in [-0.2, -0.15) is 16.9 Å². The Kier molecular flexibility index (Phi) is 5.64. The number of carbonyl (C=O) groups is 1. The summed E-state index contributed by atoms with van der Waals surface area (Å²) < 4.78 is 1.76. The highest BCUT2D eigenvalue weighted by atomic mass is 32.2. The number of thioether (sulfide) groups is 1. The second-order valence-corrected chi connectivity index (χ2v) is 8.12. The molecular weight excluding hydrogens is 308 g/mol. The standard InChI is InChI=1S/C17H28N4OS/c1-3-23-16-9-5-4-7-14(16)19-15-8-6-10-21(17(15)22)13-11-18-20(2)12-13/h11-12,14-16,19H,3-10H2,1-2H3/t14-,15+,16-/m1/s1. The van der Waals surface area contributed by atoms with E-state index in [-0.39, 0.29) is 11.9 Å². The van der Waals surface area contributed by atoms with Crippen LogP contribution in [0.2, 0.25) is 0 Å². The van der Waals surface area contributed by atoms with Crippen LogP contribution in [-0.4, -0.2) is 45.3 Å². The maximum absolute atomic E-state index is 12.9. The normalized spacial score (nSPS) is 29.0. The van der Waals surface area contributed by atoms with E-state index < -0.39 is 0 Å². The zero-order valence-corrected chi connectivity index (χ0v) is 15.0. The molecule has 1 saturated carbocycles. The highest BCUT2D eigenvalue weighted by Crippen LogP contribution is 2.30. The molecule has 1 N–H and O–H groups in total. The first-order valence-corrected chi connectivity index (χ1v) is 9.91. The monoisotopic (exact) mass is 336 g/mol. The smallest absolute Gasteiger partial charge is 0.244 e. The third-order valence-corrected chi connectivity index (χ3v) is 6.27. The fourth-order valence-electron chi connectivity index (χ4n) is 3.79. The lowest BCUT2D eigenvalue weighted by Gasteiger charge is -2.38. The van der Waals surface area contributed by atoms with E-state index in [4.69, 9.17) is 0 Å². The molecule has 3 atom stereocenters. The van der Waals surface area contributed by atoms with Gasteiger partial charge in [-0.15, -0.1) is 0 Å². The van der Waals surface area contributed by atoms with E-state index in [1.54, 1.807) is 10.9 Å². The average Bonchev–Trinajstić information content (AvgIpc) is 2.98. The molecule has 1 aromatic rings. The zero-order chi connectivity index (χ0) is 16.2. The van der Waals surface area contributed by atoms with E-state index in [1.165, 1.54) is 25.7 Å². The first kappa shape index (κ1) is 16.8. The Bertz CT molecular complexity index is 530. The molecule has 5 nitrogen and oxygen atoms in total. The van der Waals surface area contributed by atoms with Crippen LogP contribution in [0.25, 0.3) is 0 Å². The van der Waals surface area contributed by atoms with Crippen LogP contribution in [0.15, 0.2) is 12.4 Å². The van der Waals surface area contributed by atoms with E-state index >= 15 is 0 Å². The summed E-state index contributed by atoms with van der Waals surface area (Å²) in [5.74, 6) is 1.37. The van der Waals surface area contributed by atoms with Gasteiger partial charge in [-0.3, -0.25) is 9.48 Å². The van der Waals surface area contributed by atoms with Gasteiger partial charge in [0.25, 0.3) is 0 Å². The molecule has 0 unspecified atom stereocenters. The van der Waals surface area contributed by atoms with Crippen molar-refractivity contribution in [2.45, 2.75) is 62.8 Å². The third kappa shape index (κ3) is 3.91. The molecule has 0 spiro atoms. The van der Waals surface area contributed by atoms with Crippen LogP contribution < -0.4 is 10.2 Å². The predicted octanol–water partition coefficient (Wildman–Crippen LogP) is 2.57. The number of carbonyl (C=O) groups excluding carboxylic acids is 1. The first-order chi connectivity index (χ1) is 11.2. The van der Waals surface area contributed by atoms with Crippen molar-refractivity contribution in [2.75, 3.05) is 17.2 Å². The number of piperidine rings is 1. The van der Waals surface area contributed by atoms with Crippen molar-refractivity contribution in [2.24, 2.45) is 7.05 Å². The average molecular weight is 337 g/mol. The summed E-state index contributed by atoms with van der Waals surface area (Å²) in [6.07, 6.45) is 10.8. The lowest BCUT2D eigenvalue weighted by molar-refractivity contribution is -0.122. The molecule has 3 rings (SSSR count). The van der Waals surface area contributed by atoms with Crippen LogP contribution in [0.5, 0.6) is 0 Å². The van der Waals surface area contributed by atoms with E-state index in [1.807, 2.05) is 29.9 Å². The molecule has 6 heteroatoms. The van der Waals surface area contributed by atoms with Gasteiger partial charge in [0.1, 0.15) is 0 Å². The number of nitrogens with zero attached hydrogens (tertiary/aromatic N) is 3. The Hall–Kier alpha value is -1.01. The summed E-state index contributed by atoms with van der Waals surface area (Å²) in [7, 11) is 1.89. The van der Waals surface area contributed by atoms with Crippen molar-refractivity contribution in [3.05, 3.63) is 12.4 Å². The fraction of sp³-hybridized carbons (Fsp3) is 0.765. The molecule has 1 saturated heterocycles. The van der Waals surface area contributed by atoms with Gasteiger partial charge in [0.15, 0.2) is 0 Å². The molecule has 2 aliphatic rings.